The summed E-state index contributed by atoms with van der Waals surface area (Å²) in [6.07, 6.45) is 2.60. The molecule has 20 heavy (non-hydrogen) atoms. The predicted molar refractivity (Wildman–Crippen MR) is 77.6 cm³/mol. The van der Waals surface area contributed by atoms with Crippen LogP contribution in [0.2, 0.25) is 5.02 Å². The first-order chi connectivity index (χ1) is 9.72. The van der Waals surface area contributed by atoms with Crippen LogP contribution in [0.25, 0.3) is 11.0 Å². The minimum atomic E-state index is 0.182. The number of fused-ring (bicyclic) bond motifs is 2. The third kappa shape index (κ3) is 1.74. The van der Waals surface area contributed by atoms with Crippen molar-refractivity contribution in [2.45, 2.75) is 19.0 Å². The van der Waals surface area contributed by atoms with Crippen LogP contribution in [0.15, 0.2) is 24.5 Å². The lowest BCUT2D eigenvalue weighted by molar-refractivity contribution is 0.459. The summed E-state index contributed by atoms with van der Waals surface area (Å²) in [5.74, 6) is 1.02. The van der Waals surface area contributed by atoms with Crippen molar-refractivity contribution in [1.82, 2.24) is 24.8 Å². The molecule has 0 radical (unpaired) electrons. The summed E-state index contributed by atoms with van der Waals surface area (Å²) >= 11 is 6.04. The number of aryl methyl sites for hydroxylation is 1. The second-order valence-electron chi connectivity index (χ2n) is 5.13. The van der Waals surface area contributed by atoms with Crippen LogP contribution >= 0.6 is 11.6 Å². The minimum absolute atomic E-state index is 0.182. The van der Waals surface area contributed by atoms with E-state index >= 15 is 0 Å². The van der Waals surface area contributed by atoms with Crippen molar-refractivity contribution in [3.8, 4) is 0 Å². The molecule has 1 atom stereocenters. The molecular formula is C14H14ClN5. The molecule has 5 nitrogen and oxygen atoms in total. The highest BCUT2D eigenvalue weighted by Gasteiger charge is 2.25. The first-order valence-electron chi connectivity index (χ1n) is 6.59. The fourth-order valence-electron chi connectivity index (χ4n) is 2.85. The molecule has 2 N–H and O–H groups in total. The largest absolute Gasteiger partial charge is 0.347 e. The van der Waals surface area contributed by atoms with E-state index in [9.17, 15) is 0 Å². The van der Waals surface area contributed by atoms with Crippen molar-refractivity contribution in [3.05, 3.63) is 46.8 Å². The van der Waals surface area contributed by atoms with Crippen LogP contribution in [-0.4, -0.2) is 19.5 Å². The lowest BCUT2D eigenvalue weighted by atomic mass is 10.1. The zero-order chi connectivity index (χ0) is 13.7. The first kappa shape index (κ1) is 11.9. The van der Waals surface area contributed by atoms with Gasteiger partial charge in [0.15, 0.2) is 0 Å². The van der Waals surface area contributed by atoms with E-state index < -0.39 is 0 Å². The summed E-state index contributed by atoms with van der Waals surface area (Å²) < 4.78 is 2.13. The number of imidazole rings is 2. The van der Waals surface area contributed by atoms with Crippen LogP contribution in [0.1, 0.15) is 23.3 Å². The average molecular weight is 288 g/mol. The molecule has 0 aliphatic carbocycles. The molecule has 4 rings (SSSR count). The Labute approximate surface area is 121 Å². The number of aromatic nitrogens is 4. The van der Waals surface area contributed by atoms with E-state index in [-0.39, 0.29) is 6.04 Å². The van der Waals surface area contributed by atoms with Gasteiger partial charge in [0, 0.05) is 25.0 Å². The van der Waals surface area contributed by atoms with Crippen LogP contribution in [-0.2, 0) is 20.0 Å². The molecule has 0 bridgehead atoms. The highest BCUT2D eigenvalue weighted by atomic mass is 35.5. The maximum absolute atomic E-state index is 6.04. The second-order valence-corrected chi connectivity index (χ2v) is 5.56. The highest BCUT2D eigenvalue weighted by Crippen LogP contribution is 2.27. The minimum Gasteiger partial charge on any atom is -0.347 e. The Morgan fingerprint density at radius 1 is 1.40 bits per heavy atom. The predicted octanol–water partition coefficient (Wildman–Crippen LogP) is 2.34. The van der Waals surface area contributed by atoms with Crippen molar-refractivity contribution in [3.63, 3.8) is 0 Å². The van der Waals surface area contributed by atoms with Gasteiger partial charge < -0.3 is 14.9 Å². The van der Waals surface area contributed by atoms with E-state index in [0.717, 1.165) is 35.5 Å². The molecule has 1 unspecified atom stereocenters. The molecule has 1 aromatic carbocycles. The Balaban J connectivity index is 1.78. The third-order valence-electron chi connectivity index (χ3n) is 3.92. The standard InChI is InChI=1S/C14H14ClN5/c1-20-13-3-2-8(15)4-10(13)19-14(20)11-5-9-12(6-16-11)18-7-17-9/h2-4,7,11,16H,5-6H2,1H3,(H,17,18). The summed E-state index contributed by atoms with van der Waals surface area (Å²) in [6, 6.07) is 6.00. The number of nitrogens with one attached hydrogen (secondary N) is 2. The SMILES string of the molecule is Cn1c(C2Cc3nc[nH]c3CN2)nc2cc(Cl)ccc21. The van der Waals surface area contributed by atoms with E-state index in [1.165, 1.54) is 5.69 Å². The van der Waals surface area contributed by atoms with Gasteiger partial charge in [0.1, 0.15) is 5.82 Å². The summed E-state index contributed by atoms with van der Waals surface area (Å²) in [4.78, 5) is 12.3. The van der Waals surface area contributed by atoms with Gasteiger partial charge in [-0.15, -0.1) is 0 Å². The number of hydrogen-bond donors (Lipinski definition) is 2. The molecule has 1 aliphatic heterocycles. The summed E-state index contributed by atoms with van der Waals surface area (Å²) in [5, 5.41) is 4.22. The molecule has 0 fully saturated rings. The lowest BCUT2D eigenvalue weighted by Crippen LogP contribution is -2.30. The van der Waals surface area contributed by atoms with Crippen molar-refractivity contribution < 1.29 is 0 Å². The molecule has 2 aromatic heterocycles. The monoisotopic (exact) mass is 287 g/mol. The Bertz CT molecular complexity index is 788. The maximum Gasteiger partial charge on any atom is 0.127 e. The van der Waals surface area contributed by atoms with Gasteiger partial charge in [0.2, 0.25) is 0 Å². The van der Waals surface area contributed by atoms with Gasteiger partial charge in [-0.1, -0.05) is 11.6 Å². The van der Waals surface area contributed by atoms with E-state index in [2.05, 4.69) is 19.9 Å². The molecule has 1 aliphatic rings. The Morgan fingerprint density at radius 3 is 3.20 bits per heavy atom. The topological polar surface area (TPSA) is 58.5 Å². The molecule has 0 amide bonds. The number of halogens is 1. The molecule has 0 spiro atoms. The molecule has 3 aromatic rings. The van der Waals surface area contributed by atoms with Gasteiger partial charge >= 0.3 is 0 Å². The van der Waals surface area contributed by atoms with E-state index in [4.69, 9.17) is 16.6 Å². The molecule has 102 valence electrons. The van der Waals surface area contributed by atoms with E-state index in [1.54, 1.807) is 6.33 Å². The molecule has 0 saturated carbocycles. The van der Waals surface area contributed by atoms with Crippen molar-refractivity contribution in [1.29, 1.82) is 0 Å². The van der Waals surface area contributed by atoms with Crippen LogP contribution in [0, 0.1) is 0 Å². The fraction of sp³-hybridized carbons (Fsp3) is 0.286. The fourth-order valence-corrected chi connectivity index (χ4v) is 3.02. The summed E-state index contributed by atoms with van der Waals surface area (Å²) in [5.41, 5.74) is 4.32. The van der Waals surface area contributed by atoms with Crippen LogP contribution in [0.3, 0.4) is 0 Å². The van der Waals surface area contributed by atoms with Gasteiger partial charge in [-0.2, -0.15) is 0 Å². The Hall–Kier alpha value is -1.85. The third-order valence-corrected chi connectivity index (χ3v) is 4.15. The van der Waals surface area contributed by atoms with Crippen molar-refractivity contribution >= 4 is 22.6 Å². The van der Waals surface area contributed by atoms with Gasteiger partial charge in [-0.25, -0.2) is 9.97 Å². The van der Waals surface area contributed by atoms with Gasteiger partial charge in [-0.05, 0) is 18.2 Å². The highest BCUT2D eigenvalue weighted by molar-refractivity contribution is 6.31. The van der Waals surface area contributed by atoms with Gasteiger partial charge in [0.25, 0.3) is 0 Å². The number of rotatable bonds is 1. The van der Waals surface area contributed by atoms with Crippen LogP contribution < -0.4 is 5.32 Å². The van der Waals surface area contributed by atoms with E-state index in [0.29, 0.717) is 5.02 Å². The van der Waals surface area contributed by atoms with Crippen LogP contribution in [0.5, 0.6) is 0 Å². The van der Waals surface area contributed by atoms with Crippen molar-refractivity contribution in [2.24, 2.45) is 7.05 Å². The van der Waals surface area contributed by atoms with Crippen molar-refractivity contribution in [2.75, 3.05) is 0 Å². The first-order valence-corrected chi connectivity index (χ1v) is 6.96. The lowest BCUT2D eigenvalue weighted by Gasteiger charge is -2.22. The zero-order valence-electron chi connectivity index (χ0n) is 11.0. The molecular weight excluding hydrogens is 274 g/mol. The van der Waals surface area contributed by atoms with E-state index in [1.807, 2.05) is 25.2 Å². The Kier molecular flexibility index (Phi) is 2.58. The number of benzene rings is 1. The quantitative estimate of drug-likeness (QED) is 0.722. The number of H-pyrrole nitrogens is 1. The van der Waals surface area contributed by atoms with Gasteiger partial charge in [0.05, 0.1) is 34.8 Å². The second kappa shape index (κ2) is 4.33. The molecule has 6 heteroatoms. The van der Waals surface area contributed by atoms with Gasteiger partial charge in [-0.3, -0.25) is 0 Å². The van der Waals surface area contributed by atoms with Crippen LogP contribution in [0.4, 0.5) is 0 Å². The molecule has 0 saturated heterocycles. The average Bonchev–Trinajstić information content (AvgIpc) is 3.02. The number of hydrogen-bond acceptors (Lipinski definition) is 3. The Morgan fingerprint density at radius 2 is 2.30 bits per heavy atom. The number of aromatic amines is 1. The number of nitrogens with zero attached hydrogens (tertiary/aromatic N) is 3. The smallest absolute Gasteiger partial charge is 0.127 e. The normalized spacial score (nSPS) is 18.4. The summed E-state index contributed by atoms with van der Waals surface area (Å²) in [6.45, 7) is 0.796. The zero-order valence-corrected chi connectivity index (χ0v) is 11.8. The summed E-state index contributed by atoms with van der Waals surface area (Å²) in [7, 11) is 2.04. The maximum atomic E-state index is 6.04. The molecule has 3 heterocycles.